The molecule has 0 rings (SSSR count). The van der Waals surface area contributed by atoms with Crippen molar-refractivity contribution in [3.63, 3.8) is 0 Å². The maximum Gasteiger partial charge on any atom is 0.242 e. The molecule has 0 spiro atoms. The summed E-state index contributed by atoms with van der Waals surface area (Å²) in [5.41, 5.74) is 5.07. The van der Waals surface area contributed by atoms with Gasteiger partial charge < -0.3 is 37.6 Å². The second-order valence-corrected chi connectivity index (χ2v) is 7.98. The Morgan fingerprint density at radius 3 is 0.853 bits per heavy atom. The van der Waals surface area contributed by atoms with E-state index in [1.54, 1.807) is 0 Å². The number of primary amides is 1. The van der Waals surface area contributed by atoms with Crippen LogP contribution in [0.3, 0.4) is 0 Å². The van der Waals surface area contributed by atoms with Crippen molar-refractivity contribution in [2.75, 3.05) is 0 Å². The average molecular weight is 486 g/mol. The van der Waals surface area contributed by atoms with Crippen LogP contribution < -0.4 is 37.6 Å². The minimum absolute atomic E-state index is 0.404. The summed E-state index contributed by atoms with van der Waals surface area (Å²) in [6, 6.07) is -5.87. The van der Waals surface area contributed by atoms with Crippen LogP contribution >= 0.6 is 0 Å². The molecular formula is C20H35N7O7. The molecule has 0 aromatic carbocycles. The van der Waals surface area contributed by atoms with Crippen LogP contribution in [0, 0.1) is 0 Å². The normalized spacial score (nSPS) is 15.7. The Balaban J connectivity index is 4.68. The van der Waals surface area contributed by atoms with Gasteiger partial charge in [0.15, 0.2) is 0 Å². The Hall–Kier alpha value is -3.71. The molecule has 14 nitrogen and oxygen atoms in total. The number of carbonyl (C=O) groups excluding carboxylic acids is 7. The lowest BCUT2D eigenvalue weighted by Gasteiger charge is -2.22. The summed E-state index contributed by atoms with van der Waals surface area (Å²) in [6.07, 6.45) is 0. The van der Waals surface area contributed by atoms with Gasteiger partial charge in [0.1, 0.15) is 36.3 Å². The molecule has 0 fully saturated rings. The van der Waals surface area contributed by atoms with Gasteiger partial charge in [0.25, 0.3) is 0 Å². The summed E-state index contributed by atoms with van der Waals surface area (Å²) < 4.78 is 0. The molecule has 0 saturated carbocycles. The van der Waals surface area contributed by atoms with Crippen molar-refractivity contribution < 1.29 is 33.6 Å². The van der Waals surface area contributed by atoms with E-state index in [0.717, 1.165) is 0 Å². The fourth-order valence-electron chi connectivity index (χ4n) is 2.40. The highest BCUT2D eigenvalue weighted by Gasteiger charge is 2.26. The first-order valence-electron chi connectivity index (χ1n) is 10.6. The molecule has 0 aliphatic rings. The summed E-state index contributed by atoms with van der Waals surface area (Å²) in [6.45, 7) is 9.65. The standard InChI is InChI=1S/C20H35N7O7/c1-8(15(21)29)23-17(31)10(3)25-19(33)12(5)27-20(34)13(6)26-18(32)11(4)24-16(30)9(2)22-14(7)28/h8-13H,1-7H3,(H2,21,29)(H,22,28)(H,23,31)(H,24,30)(H,25,33)(H,26,32)(H,27,34)/t8-,9-,10-,11-,12-,13-/m0/s1. The Kier molecular flexibility index (Phi) is 12.2. The Bertz CT molecular complexity index is 817. The summed E-state index contributed by atoms with van der Waals surface area (Å²) >= 11 is 0. The van der Waals surface area contributed by atoms with E-state index in [4.69, 9.17) is 5.73 Å². The molecule has 0 aromatic rings. The predicted molar refractivity (Wildman–Crippen MR) is 120 cm³/mol. The quantitative estimate of drug-likeness (QED) is 0.148. The number of carbonyl (C=O) groups is 7. The fourth-order valence-corrected chi connectivity index (χ4v) is 2.40. The molecule has 7 amide bonds. The van der Waals surface area contributed by atoms with Crippen molar-refractivity contribution in [3.05, 3.63) is 0 Å². The van der Waals surface area contributed by atoms with E-state index in [1.807, 2.05) is 0 Å². The van der Waals surface area contributed by atoms with Crippen LogP contribution in [-0.4, -0.2) is 77.6 Å². The first-order valence-corrected chi connectivity index (χ1v) is 10.6. The third kappa shape index (κ3) is 10.7. The van der Waals surface area contributed by atoms with Crippen LogP contribution in [0.4, 0.5) is 0 Å². The summed E-state index contributed by atoms with van der Waals surface area (Å²) in [5, 5.41) is 14.3. The van der Waals surface area contributed by atoms with Gasteiger partial charge in [-0.2, -0.15) is 0 Å². The Labute approximate surface area is 197 Å². The lowest BCUT2D eigenvalue weighted by atomic mass is 10.2. The molecule has 14 heteroatoms. The predicted octanol–water partition coefficient (Wildman–Crippen LogP) is -3.48. The van der Waals surface area contributed by atoms with E-state index in [1.165, 1.54) is 48.5 Å². The number of rotatable bonds is 12. The van der Waals surface area contributed by atoms with E-state index < -0.39 is 77.6 Å². The number of nitrogens with two attached hydrogens (primary N) is 1. The molecule has 0 aromatic heterocycles. The Morgan fingerprint density at radius 2 is 0.647 bits per heavy atom. The van der Waals surface area contributed by atoms with E-state index in [0.29, 0.717) is 0 Å². The molecule has 0 aliphatic heterocycles. The zero-order valence-electron chi connectivity index (χ0n) is 20.4. The number of amides is 7. The van der Waals surface area contributed by atoms with Crippen LogP contribution in [-0.2, 0) is 33.6 Å². The molecule has 0 heterocycles. The van der Waals surface area contributed by atoms with Crippen molar-refractivity contribution in [2.24, 2.45) is 5.73 Å². The van der Waals surface area contributed by atoms with Crippen LogP contribution in [0.5, 0.6) is 0 Å². The second kappa shape index (κ2) is 13.7. The first kappa shape index (κ1) is 30.3. The van der Waals surface area contributed by atoms with Crippen LogP contribution in [0.1, 0.15) is 48.5 Å². The average Bonchev–Trinajstić information content (AvgIpc) is 2.72. The van der Waals surface area contributed by atoms with Gasteiger partial charge in [0.05, 0.1) is 0 Å². The summed E-state index contributed by atoms with van der Waals surface area (Å²) in [7, 11) is 0. The largest absolute Gasteiger partial charge is 0.368 e. The number of hydrogen-bond acceptors (Lipinski definition) is 7. The zero-order chi connectivity index (χ0) is 26.7. The van der Waals surface area contributed by atoms with Crippen molar-refractivity contribution >= 4 is 41.4 Å². The Morgan fingerprint density at radius 1 is 0.441 bits per heavy atom. The van der Waals surface area contributed by atoms with Gasteiger partial charge in [0.2, 0.25) is 41.4 Å². The van der Waals surface area contributed by atoms with Gasteiger partial charge in [-0.1, -0.05) is 0 Å². The molecule has 8 N–H and O–H groups in total. The minimum Gasteiger partial charge on any atom is -0.368 e. The molecule has 192 valence electrons. The molecule has 0 saturated heterocycles. The SMILES string of the molecule is CC(=O)N[C@@H](C)C(=O)N[C@@H](C)C(=O)N[C@@H](C)C(=O)N[C@@H](C)C(=O)N[C@@H](C)C(=O)N[C@@H](C)C(N)=O. The second-order valence-electron chi connectivity index (χ2n) is 7.98. The first-order chi connectivity index (χ1) is 15.6. The molecule has 0 radical (unpaired) electrons. The third-order valence-corrected chi connectivity index (χ3v) is 4.61. The smallest absolute Gasteiger partial charge is 0.242 e. The number of hydrogen-bond donors (Lipinski definition) is 7. The van der Waals surface area contributed by atoms with E-state index in [9.17, 15) is 33.6 Å². The molecule has 0 aliphatic carbocycles. The highest BCUT2D eigenvalue weighted by atomic mass is 16.2. The lowest BCUT2D eigenvalue weighted by molar-refractivity contribution is -0.134. The van der Waals surface area contributed by atoms with Crippen LogP contribution in [0.2, 0.25) is 0 Å². The fraction of sp³-hybridized carbons (Fsp3) is 0.650. The van der Waals surface area contributed by atoms with Gasteiger partial charge in [-0.25, -0.2) is 0 Å². The maximum atomic E-state index is 12.3. The van der Waals surface area contributed by atoms with Crippen LogP contribution in [0.15, 0.2) is 0 Å². The highest BCUT2D eigenvalue weighted by molar-refractivity contribution is 5.96. The molecular weight excluding hydrogens is 450 g/mol. The minimum atomic E-state index is -1.05. The molecule has 0 unspecified atom stereocenters. The van der Waals surface area contributed by atoms with Crippen molar-refractivity contribution in [2.45, 2.75) is 84.7 Å². The lowest BCUT2D eigenvalue weighted by Crippen LogP contribution is -2.57. The number of nitrogens with one attached hydrogen (secondary N) is 6. The summed E-state index contributed by atoms with van der Waals surface area (Å²) in [4.78, 5) is 82.9. The van der Waals surface area contributed by atoms with Gasteiger partial charge in [-0.05, 0) is 41.5 Å². The van der Waals surface area contributed by atoms with E-state index >= 15 is 0 Å². The topological polar surface area (TPSA) is 218 Å². The van der Waals surface area contributed by atoms with E-state index in [2.05, 4.69) is 31.9 Å². The van der Waals surface area contributed by atoms with Crippen molar-refractivity contribution in [1.29, 1.82) is 0 Å². The van der Waals surface area contributed by atoms with Gasteiger partial charge in [-0.15, -0.1) is 0 Å². The van der Waals surface area contributed by atoms with E-state index in [-0.39, 0.29) is 0 Å². The summed E-state index contributed by atoms with van der Waals surface area (Å²) in [5.74, 6) is -4.36. The molecule has 0 bridgehead atoms. The third-order valence-electron chi connectivity index (χ3n) is 4.61. The maximum absolute atomic E-state index is 12.3. The highest BCUT2D eigenvalue weighted by Crippen LogP contribution is 1.94. The monoisotopic (exact) mass is 485 g/mol. The molecule has 6 atom stereocenters. The van der Waals surface area contributed by atoms with Gasteiger partial charge in [0, 0.05) is 6.92 Å². The van der Waals surface area contributed by atoms with Gasteiger partial charge >= 0.3 is 0 Å². The van der Waals surface area contributed by atoms with Crippen molar-refractivity contribution in [1.82, 2.24) is 31.9 Å². The van der Waals surface area contributed by atoms with Crippen LogP contribution in [0.25, 0.3) is 0 Å². The van der Waals surface area contributed by atoms with Gasteiger partial charge in [-0.3, -0.25) is 33.6 Å². The zero-order valence-corrected chi connectivity index (χ0v) is 20.4. The molecule has 34 heavy (non-hydrogen) atoms. The van der Waals surface area contributed by atoms with Crippen molar-refractivity contribution in [3.8, 4) is 0 Å².